The van der Waals surface area contributed by atoms with Crippen molar-refractivity contribution in [3.8, 4) is 0 Å². The van der Waals surface area contributed by atoms with Crippen molar-refractivity contribution in [2.24, 2.45) is 5.92 Å². The van der Waals surface area contributed by atoms with Crippen molar-refractivity contribution in [3.63, 3.8) is 0 Å². The number of nitrogens with zero attached hydrogens (tertiary/aromatic N) is 1. The molecule has 1 atom stereocenters. The van der Waals surface area contributed by atoms with Crippen LogP contribution >= 0.6 is 0 Å². The highest BCUT2D eigenvalue weighted by Gasteiger charge is 2.16. The summed E-state index contributed by atoms with van der Waals surface area (Å²) in [5.41, 5.74) is 0. The molecule has 104 valence electrons. The van der Waals surface area contributed by atoms with Crippen LogP contribution in [0, 0.1) is 5.92 Å². The number of amides is 1. The summed E-state index contributed by atoms with van der Waals surface area (Å²) in [6.45, 7) is 6.39. The molecule has 0 radical (unpaired) electrons. The molecule has 0 aromatic heterocycles. The maximum Gasteiger partial charge on any atom is 0.220 e. The Labute approximate surface area is 110 Å². The van der Waals surface area contributed by atoms with E-state index in [0.717, 1.165) is 26.2 Å². The summed E-state index contributed by atoms with van der Waals surface area (Å²) >= 11 is 0. The Bertz CT molecular complexity index is 245. The van der Waals surface area contributed by atoms with Crippen molar-refractivity contribution in [3.05, 3.63) is 0 Å². The van der Waals surface area contributed by atoms with E-state index < -0.39 is 0 Å². The van der Waals surface area contributed by atoms with Crippen molar-refractivity contribution < 1.29 is 4.79 Å². The van der Waals surface area contributed by atoms with Gasteiger partial charge in [0.05, 0.1) is 0 Å². The third-order valence-corrected chi connectivity index (χ3v) is 4.07. The van der Waals surface area contributed by atoms with Crippen LogP contribution in [0.4, 0.5) is 0 Å². The number of nitrogens with one attached hydrogen (secondary N) is 2. The van der Waals surface area contributed by atoms with E-state index in [1.807, 2.05) is 0 Å². The molecular weight excluding hydrogens is 226 g/mol. The SMILES string of the molecule is O=C(CC1CCCNC1)NCCN1CCCCC1. The molecule has 0 bridgehead atoms. The third kappa shape index (κ3) is 4.94. The fourth-order valence-electron chi connectivity index (χ4n) is 2.97. The van der Waals surface area contributed by atoms with Crippen LogP contribution in [0.2, 0.25) is 0 Å². The van der Waals surface area contributed by atoms with Crippen molar-refractivity contribution in [2.75, 3.05) is 39.3 Å². The number of hydrogen-bond acceptors (Lipinski definition) is 3. The van der Waals surface area contributed by atoms with Crippen molar-refractivity contribution in [2.45, 2.75) is 38.5 Å². The zero-order chi connectivity index (χ0) is 12.6. The van der Waals surface area contributed by atoms with Crippen molar-refractivity contribution in [1.82, 2.24) is 15.5 Å². The predicted molar refractivity (Wildman–Crippen MR) is 73.5 cm³/mol. The van der Waals surface area contributed by atoms with Crippen LogP contribution in [0.25, 0.3) is 0 Å². The highest BCUT2D eigenvalue weighted by Crippen LogP contribution is 2.13. The molecule has 0 aromatic carbocycles. The average molecular weight is 253 g/mol. The third-order valence-electron chi connectivity index (χ3n) is 4.07. The van der Waals surface area contributed by atoms with Gasteiger partial charge in [-0.3, -0.25) is 4.79 Å². The van der Waals surface area contributed by atoms with E-state index in [1.165, 1.54) is 45.2 Å². The largest absolute Gasteiger partial charge is 0.355 e. The predicted octanol–water partition coefficient (Wildman–Crippen LogP) is 0.978. The Morgan fingerprint density at radius 2 is 2.06 bits per heavy atom. The first-order chi connectivity index (χ1) is 8.84. The monoisotopic (exact) mass is 253 g/mol. The number of rotatable bonds is 5. The fourth-order valence-corrected chi connectivity index (χ4v) is 2.97. The van der Waals surface area contributed by atoms with E-state index in [2.05, 4.69) is 15.5 Å². The summed E-state index contributed by atoms with van der Waals surface area (Å²) in [4.78, 5) is 14.3. The van der Waals surface area contributed by atoms with Gasteiger partial charge in [-0.1, -0.05) is 6.42 Å². The zero-order valence-electron chi connectivity index (χ0n) is 11.4. The Kier molecular flexibility index (Phi) is 5.94. The van der Waals surface area contributed by atoms with Crippen molar-refractivity contribution >= 4 is 5.91 Å². The molecule has 0 aromatic rings. The fraction of sp³-hybridized carbons (Fsp3) is 0.929. The molecule has 1 unspecified atom stereocenters. The second kappa shape index (κ2) is 7.74. The van der Waals surface area contributed by atoms with Crippen LogP contribution in [0.1, 0.15) is 38.5 Å². The quantitative estimate of drug-likeness (QED) is 0.767. The second-order valence-electron chi connectivity index (χ2n) is 5.67. The molecule has 2 aliphatic rings. The lowest BCUT2D eigenvalue weighted by Crippen LogP contribution is -2.39. The summed E-state index contributed by atoms with van der Waals surface area (Å²) < 4.78 is 0. The molecule has 2 heterocycles. The standard InChI is InChI=1S/C14H27N3O/c18-14(11-13-5-4-6-15-12-13)16-7-10-17-8-2-1-3-9-17/h13,15H,1-12H2,(H,16,18). The summed E-state index contributed by atoms with van der Waals surface area (Å²) in [5, 5.41) is 6.43. The van der Waals surface area contributed by atoms with Gasteiger partial charge in [0.25, 0.3) is 0 Å². The topological polar surface area (TPSA) is 44.4 Å². The molecule has 2 N–H and O–H groups in total. The second-order valence-corrected chi connectivity index (χ2v) is 5.67. The van der Waals surface area contributed by atoms with Gasteiger partial charge in [0.1, 0.15) is 0 Å². The lowest BCUT2D eigenvalue weighted by molar-refractivity contribution is -0.122. The molecule has 4 heteroatoms. The minimum absolute atomic E-state index is 0.237. The number of carbonyl (C=O) groups is 1. The first-order valence-electron chi connectivity index (χ1n) is 7.54. The Morgan fingerprint density at radius 1 is 1.22 bits per heavy atom. The Balaban J connectivity index is 1.53. The van der Waals surface area contributed by atoms with E-state index in [0.29, 0.717) is 12.3 Å². The van der Waals surface area contributed by atoms with E-state index >= 15 is 0 Å². The molecule has 4 nitrogen and oxygen atoms in total. The maximum absolute atomic E-state index is 11.8. The van der Waals surface area contributed by atoms with Crippen LogP contribution in [0.3, 0.4) is 0 Å². The van der Waals surface area contributed by atoms with Gasteiger partial charge in [-0.05, 0) is 57.8 Å². The first kappa shape index (κ1) is 13.8. The van der Waals surface area contributed by atoms with Gasteiger partial charge < -0.3 is 15.5 Å². The highest BCUT2D eigenvalue weighted by molar-refractivity contribution is 5.76. The van der Waals surface area contributed by atoms with Gasteiger partial charge in [0.2, 0.25) is 5.91 Å². The minimum atomic E-state index is 0.237. The molecule has 0 spiro atoms. The number of likely N-dealkylation sites (tertiary alicyclic amines) is 1. The molecule has 2 aliphatic heterocycles. The molecule has 0 saturated carbocycles. The normalized spacial score (nSPS) is 25.9. The zero-order valence-corrected chi connectivity index (χ0v) is 11.4. The van der Waals surface area contributed by atoms with E-state index in [-0.39, 0.29) is 5.91 Å². The number of piperidine rings is 2. The van der Waals surface area contributed by atoms with E-state index in [4.69, 9.17) is 0 Å². The summed E-state index contributed by atoms with van der Waals surface area (Å²) in [6, 6.07) is 0. The Hall–Kier alpha value is -0.610. The lowest BCUT2D eigenvalue weighted by atomic mass is 9.96. The van der Waals surface area contributed by atoms with Gasteiger partial charge >= 0.3 is 0 Å². The van der Waals surface area contributed by atoms with Crippen molar-refractivity contribution in [1.29, 1.82) is 0 Å². The van der Waals surface area contributed by atoms with Crippen LogP contribution in [-0.4, -0.2) is 50.1 Å². The van der Waals surface area contributed by atoms with Crippen LogP contribution < -0.4 is 10.6 Å². The molecule has 2 saturated heterocycles. The number of hydrogen-bond donors (Lipinski definition) is 2. The van der Waals surface area contributed by atoms with Crippen LogP contribution in [0.5, 0.6) is 0 Å². The number of carbonyl (C=O) groups excluding carboxylic acids is 1. The molecule has 1 amide bonds. The molecule has 2 rings (SSSR count). The first-order valence-corrected chi connectivity index (χ1v) is 7.54. The van der Waals surface area contributed by atoms with Crippen LogP contribution in [-0.2, 0) is 4.79 Å². The van der Waals surface area contributed by atoms with Gasteiger partial charge in [-0.15, -0.1) is 0 Å². The molecular formula is C14H27N3O. The molecule has 2 fully saturated rings. The van der Waals surface area contributed by atoms with Gasteiger partial charge in [0.15, 0.2) is 0 Å². The average Bonchev–Trinajstić information content (AvgIpc) is 2.41. The summed E-state index contributed by atoms with van der Waals surface area (Å²) in [5.74, 6) is 0.787. The highest BCUT2D eigenvalue weighted by atomic mass is 16.1. The Morgan fingerprint density at radius 3 is 2.78 bits per heavy atom. The smallest absolute Gasteiger partial charge is 0.220 e. The van der Waals surface area contributed by atoms with Crippen LogP contribution in [0.15, 0.2) is 0 Å². The minimum Gasteiger partial charge on any atom is -0.355 e. The molecule has 18 heavy (non-hydrogen) atoms. The molecule has 0 aliphatic carbocycles. The maximum atomic E-state index is 11.8. The summed E-state index contributed by atoms with van der Waals surface area (Å²) in [7, 11) is 0. The van der Waals surface area contributed by atoms with E-state index in [1.54, 1.807) is 0 Å². The van der Waals surface area contributed by atoms with E-state index in [9.17, 15) is 4.79 Å². The lowest BCUT2D eigenvalue weighted by Gasteiger charge is -2.26. The summed E-state index contributed by atoms with van der Waals surface area (Å²) in [6.07, 6.45) is 7.13. The van der Waals surface area contributed by atoms with Gasteiger partial charge in [-0.2, -0.15) is 0 Å². The van der Waals surface area contributed by atoms with Gasteiger partial charge in [0, 0.05) is 19.5 Å². The van der Waals surface area contributed by atoms with Gasteiger partial charge in [-0.25, -0.2) is 0 Å².